The number of nitrogens with two attached hydrogens (primary N) is 1. The van der Waals surface area contributed by atoms with Gasteiger partial charge in [0, 0.05) is 0 Å². The fraction of sp³-hybridized carbons (Fsp3) is 0.111. The number of halogens is 1. The van der Waals surface area contributed by atoms with Crippen LogP contribution < -0.4 is 5.73 Å². The topological polar surface area (TPSA) is 71.8 Å². The number of alkyl halides is 1. The lowest BCUT2D eigenvalue weighted by molar-refractivity contribution is 0.100. The van der Waals surface area contributed by atoms with Crippen LogP contribution in [0.5, 0.6) is 0 Å². The minimum absolute atomic E-state index is 0.285. The largest absolute Gasteiger partial charge is 0.366 e. The van der Waals surface area contributed by atoms with Gasteiger partial charge in [0.15, 0.2) is 0 Å². The normalized spacial score (nSPS) is 10.6. The number of amides is 1. The van der Waals surface area contributed by atoms with Crippen molar-refractivity contribution in [3.63, 3.8) is 0 Å². The van der Waals surface area contributed by atoms with Crippen molar-refractivity contribution in [1.82, 2.24) is 9.97 Å². The molecular weight excluding hydrogens is 202 g/mol. The second-order valence-corrected chi connectivity index (χ2v) is 3.15. The number of carbonyl (C=O) groups excluding carboxylic acids is 1. The number of hydrogen-bond acceptors (Lipinski definition) is 2. The predicted octanol–water partition coefficient (Wildman–Crippen LogP) is 1.40. The van der Waals surface area contributed by atoms with E-state index in [-0.39, 0.29) is 5.88 Å². The second-order valence-electron chi connectivity index (χ2n) is 2.88. The highest BCUT2D eigenvalue weighted by atomic mass is 35.5. The summed E-state index contributed by atoms with van der Waals surface area (Å²) in [6.45, 7) is 0. The Bertz CT molecular complexity index is 492. The van der Waals surface area contributed by atoms with Gasteiger partial charge in [0.05, 0.1) is 22.5 Å². The summed E-state index contributed by atoms with van der Waals surface area (Å²) in [5, 5.41) is 0. The van der Waals surface area contributed by atoms with Crippen LogP contribution in [0.4, 0.5) is 0 Å². The maximum absolute atomic E-state index is 11.1. The molecule has 1 heterocycles. The maximum atomic E-state index is 11.1. The lowest BCUT2D eigenvalue weighted by Crippen LogP contribution is -2.11. The van der Waals surface area contributed by atoms with E-state index in [9.17, 15) is 4.79 Å². The van der Waals surface area contributed by atoms with Crippen LogP contribution >= 0.6 is 11.6 Å². The Kier molecular flexibility index (Phi) is 2.13. The van der Waals surface area contributed by atoms with Crippen LogP contribution in [-0.2, 0) is 5.88 Å². The Hall–Kier alpha value is -1.55. The van der Waals surface area contributed by atoms with E-state index >= 15 is 0 Å². The number of rotatable bonds is 2. The van der Waals surface area contributed by atoms with Gasteiger partial charge in [-0.15, -0.1) is 11.6 Å². The SMILES string of the molecule is NC(=O)c1cccc2nc(CCl)[nH]c12. The van der Waals surface area contributed by atoms with Crippen molar-refractivity contribution in [2.45, 2.75) is 5.88 Å². The maximum Gasteiger partial charge on any atom is 0.250 e. The van der Waals surface area contributed by atoms with Gasteiger partial charge in [0.25, 0.3) is 5.91 Å². The number of fused-ring (bicyclic) bond motifs is 1. The minimum atomic E-state index is -0.472. The third-order valence-electron chi connectivity index (χ3n) is 1.96. The lowest BCUT2D eigenvalue weighted by atomic mass is 10.2. The number of para-hydroxylation sites is 1. The Morgan fingerprint density at radius 1 is 1.57 bits per heavy atom. The van der Waals surface area contributed by atoms with Crippen LogP contribution in [0, 0.1) is 0 Å². The number of carbonyl (C=O) groups is 1. The Balaban J connectivity index is 2.73. The van der Waals surface area contributed by atoms with Gasteiger partial charge in [-0.05, 0) is 12.1 Å². The molecule has 0 radical (unpaired) electrons. The molecule has 0 saturated heterocycles. The van der Waals surface area contributed by atoms with Gasteiger partial charge in [0.1, 0.15) is 5.82 Å². The van der Waals surface area contributed by atoms with E-state index in [0.717, 1.165) is 0 Å². The summed E-state index contributed by atoms with van der Waals surface area (Å²) in [5.74, 6) is 0.447. The first-order valence-electron chi connectivity index (χ1n) is 4.05. The standard InChI is InChI=1S/C9H8ClN3O/c10-4-7-12-6-3-1-2-5(9(11)14)8(6)13-7/h1-3H,4H2,(H2,11,14)(H,12,13). The van der Waals surface area contributed by atoms with Crippen molar-refractivity contribution in [1.29, 1.82) is 0 Å². The number of hydrogen-bond donors (Lipinski definition) is 2. The second kappa shape index (κ2) is 3.31. The van der Waals surface area contributed by atoms with Gasteiger partial charge in [-0.25, -0.2) is 4.98 Å². The zero-order valence-electron chi connectivity index (χ0n) is 7.25. The van der Waals surface area contributed by atoms with Crippen LogP contribution in [0.1, 0.15) is 16.2 Å². The molecule has 0 aliphatic carbocycles. The number of aromatic nitrogens is 2. The van der Waals surface area contributed by atoms with Crippen molar-refractivity contribution in [2.24, 2.45) is 5.73 Å². The molecule has 0 aliphatic heterocycles. The van der Waals surface area contributed by atoms with E-state index in [1.165, 1.54) is 0 Å². The molecular formula is C9H8ClN3O. The highest BCUT2D eigenvalue weighted by Gasteiger charge is 2.09. The number of aromatic amines is 1. The summed E-state index contributed by atoms with van der Waals surface area (Å²) in [6.07, 6.45) is 0. The van der Waals surface area contributed by atoms with E-state index in [1.807, 2.05) is 0 Å². The molecule has 0 aliphatic rings. The Morgan fingerprint density at radius 2 is 2.36 bits per heavy atom. The molecule has 0 spiro atoms. The number of imidazole rings is 1. The molecule has 2 aromatic rings. The molecule has 0 fully saturated rings. The molecule has 1 aromatic carbocycles. The Morgan fingerprint density at radius 3 is 3.00 bits per heavy atom. The smallest absolute Gasteiger partial charge is 0.250 e. The molecule has 4 nitrogen and oxygen atoms in total. The predicted molar refractivity (Wildman–Crippen MR) is 54.2 cm³/mol. The number of nitrogens with one attached hydrogen (secondary N) is 1. The van der Waals surface area contributed by atoms with E-state index < -0.39 is 5.91 Å². The molecule has 1 amide bonds. The molecule has 5 heteroatoms. The monoisotopic (exact) mass is 209 g/mol. The van der Waals surface area contributed by atoms with Gasteiger partial charge < -0.3 is 10.7 Å². The fourth-order valence-electron chi connectivity index (χ4n) is 1.35. The molecule has 0 unspecified atom stereocenters. The van der Waals surface area contributed by atoms with Gasteiger partial charge in [-0.2, -0.15) is 0 Å². The molecule has 0 bridgehead atoms. The van der Waals surface area contributed by atoms with E-state index in [2.05, 4.69) is 9.97 Å². The highest BCUT2D eigenvalue weighted by molar-refractivity contribution is 6.17. The van der Waals surface area contributed by atoms with Crippen molar-refractivity contribution in [2.75, 3.05) is 0 Å². The van der Waals surface area contributed by atoms with E-state index in [4.69, 9.17) is 17.3 Å². The zero-order valence-corrected chi connectivity index (χ0v) is 8.01. The summed E-state index contributed by atoms with van der Waals surface area (Å²) in [6, 6.07) is 5.19. The van der Waals surface area contributed by atoms with Crippen molar-refractivity contribution >= 4 is 28.5 Å². The molecule has 1 aromatic heterocycles. The number of benzene rings is 1. The quantitative estimate of drug-likeness (QED) is 0.734. The lowest BCUT2D eigenvalue weighted by Gasteiger charge is -1.95. The van der Waals surface area contributed by atoms with Crippen LogP contribution in [0.15, 0.2) is 18.2 Å². The first-order chi connectivity index (χ1) is 6.72. The van der Waals surface area contributed by atoms with Crippen LogP contribution in [-0.4, -0.2) is 15.9 Å². The van der Waals surface area contributed by atoms with E-state index in [1.54, 1.807) is 18.2 Å². The van der Waals surface area contributed by atoms with Crippen LogP contribution in [0.3, 0.4) is 0 Å². The van der Waals surface area contributed by atoms with Crippen LogP contribution in [0.2, 0.25) is 0 Å². The van der Waals surface area contributed by atoms with Crippen molar-refractivity contribution < 1.29 is 4.79 Å². The number of nitrogens with zero attached hydrogens (tertiary/aromatic N) is 1. The average molecular weight is 210 g/mol. The Labute approximate surface area is 85.1 Å². The first-order valence-corrected chi connectivity index (χ1v) is 4.59. The molecule has 3 N–H and O–H groups in total. The summed E-state index contributed by atoms with van der Waals surface area (Å²) in [4.78, 5) is 18.2. The zero-order chi connectivity index (χ0) is 10.1. The van der Waals surface area contributed by atoms with Gasteiger partial charge in [0.2, 0.25) is 0 Å². The third-order valence-corrected chi connectivity index (χ3v) is 2.21. The third kappa shape index (κ3) is 1.33. The molecule has 2 rings (SSSR count). The summed E-state index contributed by atoms with van der Waals surface area (Å²) >= 11 is 5.62. The van der Waals surface area contributed by atoms with Gasteiger partial charge in [-0.3, -0.25) is 4.79 Å². The minimum Gasteiger partial charge on any atom is -0.366 e. The van der Waals surface area contributed by atoms with Crippen LogP contribution in [0.25, 0.3) is 11.0 Å². The van der Waals surface area contributed by atoms with Gasteiger partial charge >= 0.3 is 0 Å². The summed E-state index contributed by atoms with van der Waals surface area (Å²) in [7, 11) is 0. The summed E-state index contributed by atoms with van der Waals surface area (Å²) in [5.41, 5.74) is 7.00. The average Bonchev–Trinajstić information content (AvgIpc) is 2.59. The highest BCUT2D eigenvalue weighted by Crippen LogP contribution is 2.16. The number of H-pyrrole nitrogens is 1. The van der Waals surface area contributed by atoms with Crippen molar-refractivity contribution in [3.05, 3.63) is 29.6 Å². The fourth-order valence-corrected chi connectivity index (χ4v) is 1.48. The van der Waals surface area contributed by atoms with Crippen molar-refractivity contribution in [3.8, 4) is 0 Å². The molecule has 72 valence electrons. The number of primary amides is 1. The van der Waals surface area contributed by atoms with E-state index in [0.29, 0.717) is 22.4 Å². The first kappa shape index (κ1) is 9.02. The van der Waals surface area contributed by atoms with Gasteiger partial charge in [-0.1, -0.05) is 6.07 Å². The summed E-state index contributed by atoms with van der Waals surface area (Å²) < 4.78 is 0. The molecule has 0 atom stereocenters. The molecule has 0 saturated carbocycles. The molecule has 14 heavy (non-hydrogen) atoms.